The van der Waals surface area contributed by atoms with Crippen molar-refractivity contribution in [3.8, 4) is 11.1 Å². The summed E-state index contributed by atoms with van der Waals surface area (Å²) < 4.78 is 0. The van der Waals surface area contributed by atoms with Crippen LogP contribution in [0.25, 0.3) is 16.7 Å². The van der Waals surface area contributed by atoms with Crippen molar-refractivity contribution in [2.45, 2.75) is 13.8 Å². The maximum atomic E-state index is 13.4. The van der Waals surface area contributed by atoms with Gasteiger partial charge in [0.2, 0.25) is 0 Å². The molecule has 3 nitrogen and oxygen atoms in total. The predicted molar refractivity (Wildman–Crippen MR) is 154 cm³/mol. The molecular formula is C33H34N2O. The number of carbonyl (C=O) groups is 1. The van der Waals surface area contributed by atoms with Gasteiger partial charge in [0.25, 0.3) is 0 Å². The molecule has 4 aromatic carbocycles. The molecule has 0 spiro atoms. The highest BCUT2D eigenvalue weighted by Gasteiger charge is 2.15. The zero-order chi connectivity index (χ0) is 26.0. The Labute approximate surface area is 215 Å². The van der Waals surface area contributed by atoms with E-state index in [0.29, 0.717) is 5.56 Å². The Hall–Kier alpha value is -4.11. The normalized spacial score (nSPS) is 10.7. The first-order valence-corrected chi connectivity index (χ1v) is 12.2. The monoisotopic (exact) mass is 474 g/mol. The van der Waals surface area contributed by atoms with E-state index < -0.39 is 0 Å². The summed E-state index contributed by atoms with van der Waals surface area (Å²) in [4.78, 5) is 17.5. The van der Waals surface area contributed by atoms with Crippen LogP contribution < -0.4 is 9.80 Å². The molecule has 0 heterocycles. The Morgan fingerprint density at radius 1 is 0.583 bits per heavy atom. The van der Waals surface area contributed by atoms with Crippen molar-refractivity contribution >= 4 is 22.7 Å². The minimum absolute atomic E-state index is 0.0392. The largest absolute Gasteiger partial charge is 0.378 e. The number of hydrogen-bond donors (Lipinski definition) is 0. The van der Waals surface area contributed by atoms with Crippen molar-refractivity contribution in [1.82, 2.24) is 0 Å². The molecule has 0 N–H and O–H groups in total. The van der Waals surface area contributed by atoms with Crippen molar-refractivity contribution in [1.29, 1.82) is 0 Å². The van der Waals surface area contributed by atoms with Gasteiger partial charge in [-0.15, -0.1) is 0 Å². The van der Waals surface area contributed by atoms with Crippen LogP contribution in [0.2, 0.25) is 0 Å². The minimum Gasteiger partial charge on any atom is -0.378 e. The third kappa shape index (κ3) is 5.11. The number of benzene rings is 4. The number of anilines is 2. The highest BCUT2D eigenvalue weighted by molar-refractivity contribution is 6.10. The van der Waals surface area contributed by atoms with E-state index in [1.165, 1.54) is 5.56 Å². The number of rotatable bonds is 7. The van der Waals surface area contributed by atoms with Crippen molar-refractivity contribution in [2.75, 3.05) is 38.0 Å². The molecule has 0 bridgehead atoms. The summed E-state index contributed by atoms with van der Waals surface area (Å²) >= 11 is 0. The van der Waals surface area contributed by atoms with Gasteiger partial charge in [-0.2, -0.15) is 0 Å². The summed E-state index contributed by atoms with van der Waals surface area (Å²) in [5, 5.41) is 0. The Morgan fingerprint density at radius 3 is 1.47 bits per heavy atom. The Balaban J connectivity index is 1.67. The number of hydrogen-bond acceptors (Lipinski definition) is 3. The first-order chi connectivity index (χ1) is 17.2. The zero-order valence-corrected chi connectivity index (χ0v) is 22.1. The SMILES string of the molecule is C=C(c1ccc(N(C)C)cc1)c1cc(-c2ccc(C)c(C(=O)c3ccc(N(C)C)cc3)c2)ccc1C. The van der Waals surface area contributed by atoms with E-state index in [9.17, 15) is 4.79 Å². The molecule has 0 aromatic heterocycles. The van der Waals surface area contributed by atoms with Crippen LogP contribution in [-0.2, 0) is 0 Å². The summed E-state index contributed by atoms with van der Waals surface area (Å²) in [5.41, 5.74) is 11.1. The molecule has 0 aliphatic rings. The summed E-state index contributed by atoms with van der Waals surface area (Å²) in [7, 11) is 8.06. The number of aryl methyl sites for hydroxylation is 2. The molecule has 0 aliphatic carbocycles. The third-order valence-electron chi connectivity index (χ3n) is 6.76. The molecule has 36 heavy (non-hydrogen) atoms. The van der Waals surface area contributed by atoms with Gasteiger partial charge in [-0.1, -0.05) is 43.0 Å². The molecule has 3 heteroatoms. The van der Waals surface area contributed by atoms with Gasteiger partial charge in [-0.3, -0.25) is 4.79 Å². The van der Waals surface area contributed by atoms with Gasteiger partial charge in [0.1, 0.15) is 0 Å². The smallest absolute Gasteiger partial charge is 0.193 e. The average Bonchev–Trinajstić information content (AvgIpc) is 2.88. The van der Waals surface area contributed by atoms with Crippen LogP contribution in [0.5, 0.6) is 0 Å². The van der Waals surface area contributed by atoms with Crippen molar-refractivity contribution < 1.29 is 4.79 Å². The van der Waals surface area contributed by atoms with Crippen LogP contribution >= 0.6 is 0 Å². The fraction of sp³-hybridized carbons (Fsp3) is 0.182. The topological polar surface area (TPSA) is 23.6 Å². The molecular weight excluding hydrogens is 440 g/mol. The molecule has 0 atom stereocenters. The first-order valence-electron chi connectivity index (χ1n) is 12.2. The zero-order valence-electron chi connectivity index (χ0n) is 22.1. The molecule has 0 saturated carbocycles. The van der Waals surface area contributed by atoms with Crippen molar-refractivity contribution in [3.05, 3.63) is 125 Å². The molecule has 0 aliphatic heterocycles. The molecule has 0 amide bonds. The summed E-state index contributed by atoms with van der Waals surface area (Å²) in [6, 6.07) is 28.8. The summed E-state index contributed by atoms with van der Waals surface area (Å²) in [6.07, 6.45) is 0. The highest BCUT2D eigenvalue weighted by atomic mass is 16.1. The van der Waals surface area contributed by atoms with E-state index in [-0.39, 0.29) is 5.78 Å². The fourth-order valence-corrected chi connectivity index (χ4v) is 4.36. The Kier molecular flexibility index (Phi) is 7.12. The fourth-order valence-electron chi connectivity index (χ4n) is 4.36. The van der Waals surface area contributed by atoms with Gasteiger partial charge in [0.15, 0.2) is 5.78 Å². The van der Waals surface area contributed by atoms with Crippen LogP contribution in [0.4, 0.5) is 11.4 Å². The van der Waals surface area contributed by atoms with E-state index in [1.807, 2.05) is 76.4 Å². The summed E-state index contributed by atoms with van der Waals surface area (Å²) in [6.45, 7) is 8.52. The van der Waals surface area contributed by atoms with E-state index in [4.69, 9.17) is 0 Å². The third-order valence-corrected chi connectivity index (χ3v) is 6.76. The maximum absolute atomic E-state index is 13.4. The first kappa shape index (κ1) is 25.0. The van der Waals surface area contributed by atoms with Crippen LogP contribution in [-0.4, -0.2) is 34.0 Å². The van der Waals surface area contributed by atoms with Crippen molar-refractivity contribution in [2.24, 2.45) is 0 Å². The molecule has 0 saturated heterocycles. The molecule has 0 radical (unpaired) electrons. The van der Waals surface area contributed by atoms with E-state index >= 15 is 0 Å². The van der Waals surface area contributed by atoms with E-state index in [1.54, 1.807) is 0 Å². The van der Waals surface area contributed by atoms with Crippen LogP contribution in [0.15, 0.2) is 91.5 Å². The van der Waals surface area contributed by atoms with E-state index in [0.717, 1.165) is 50.3 Å². The molecule has 182 valence electrons. The molecule has 4 rings (SSSR count). The number of nitrogens with zero attached hydrogens (tertiary/aromatic N) is 2. The number of ketones is 1. The van der Waals surface area contributed by atoms with Gasteiger partial charge in [-0.05, 0) is 101 Å². The minimum atomic E-state index is 0.0392. The van der Waals surface area contributed by atoms with Crippen LogP contribution in [0.1, 0.15) is 38.2 Å². The lowest BCUT2D eigenvalue weighted by Crippen LogP contribution is -2.09. The lowest BCUT2D eigenvalue weighted by molar-refractivity contribution is 0.103. The van der Waals surface area contributed by atoms with Crippen molar-refractivity contribution in [3.63, 3.8) is 0 Å². The Bertz CT molecular complexity index is 1300. The van der Waals surface area contributed by atoms with Gasteiger partial charge in [0.05, 0.1) is 0 Å². The highest BCUT2D eigenvalue weighted by Crippen LogP contribution is 2.31. The summed E-state index contributed by atoms with van der Waals surface area (Å²) in [5.74, 6) is 0.0392. The van der Waals surface area contributed by atoms with Crippen LogP contribution in [0.3, 0.4) is 0 Å². The molecule has 4 aromatic rings. The lowest BCUT2D eigenvalue weighted by Gasteiger charge is -2.16. The number of carbonyl (C=O) groups excluding carboxylic acids is 1. The maximum Gasteiger partial charge on any atom is 0.193 e. The standard InChI is InChI=1S/C33H34N2O/c1-22-8-10-27(20-31(22)24(3)25-12-16-29(17-13-25)34(4)5)28-11-9-23(2)32(21-28)33(36)26-14-18-30(19-15-26)35(6)7/h8-21H,3H2,1-2,4-7H3. The average molecular weight is 475 g/mol. The van der Waals surface area contributed by atoms with Gasteiger partial charge in [0, 0.05) is 50.7 Å². The second-order valence-corrected chi connectivity index (χ2v) is 9.75. The van der Waals surface area contributed by atoms with Gasteiger partial charge < -0.3 is 9.80 Å². The Morgan fingerprint density at radius 2 is 1.00 bits per heavy atom. The molecule has 0 fully saturated rings. The lowest BCUT2D eigenvalue weighted by atomic mass is 9.90. The molecule has 0 unspecified atom stereocenters. The van der Waals surface area contributed by atoms with E-state index in [2.05, 4.69) is 66.9 Å². The second-order valence-electron chi connectivity index (χ2n) is 9.75. The predicted octanol–water partition coefficient (Wildman–Crippen LogP) is 7.39. The second kappa shape index (κ2) is 10.2. The van der Waals surface area contributed by atoms with Crippen LogP contribution in [0, 0.1) is 13.8 Å². The van der Waals surface area contributed by atoms with Gasteiger partial charge >= 0.3 is 0 Å². The quantitative estimate of drug-likeness (QED) is 0.261. The van der Waals surface area contributed by atoms with Gasteiger partial charge in [-0.25, -0.2) is 0 Å².